The summed E-state index contributed by atoms with van der Waals surface area (Å²) in [5.41, 5.74) is -1.07. The van der Waals surface area contributed by atoms with Crippen molar-refractivity contribution in [2.45, 2.75) is 12.2 Å². The third-order valence-corrected chi connectivity index (χ3v) is 3.41. The quantitative estimate of drug-likeness (QED) is 0.868. The Labute approximate surface area is 134 Å². The van der Waals surface area contributed by atoms with Crippen molar-refractivity contribution in [2.75, 3.05) is 25.1 Å². The number of nitrogens with zero attached hydrogens (tertiary/aromatic N) is 4. The van der Waals surface area contributed by atoms with Crippen molar-refractivity contribution in [1.29, 1.82) is 0 Å². The molecule has 0 bridgehead atoms. The molecule has 11 heteroatoms. The number of amides is 2. The van der Waals surface area contributed by atoms with Crippen molar-refractivity contribution in [2.24, 2.45) is 0 Å². The van der Waals surface area contributed by atoms with Gasteiger partial charge in [0.05, 0.1) is 13.2 Å². The second kappa shape index (κ2) is 6.43. The fourth-order valence-electron chi connectivity index (χ4n) is 2.29. The Bertz CT molecular complexity index is 706. The van der Waals surface area contributed by atoms with Gasteiger partial charge in [-0.25, -0.2) is 14.8 Å². The number of pyridine rings is 1. The van der Waals surface area contributed by atoms with E-state index in [0.29, 0.717) is 12.4 Å². The number of alkyl halides is 3. The summed E-state index contributed by atoms with van der Waals surface area (Å²) >= 11 is 0. The zero-order valence-electron chi connectivity index (χ0n) is 12.2. The molecule has 3 heterocycles. The van der Waals surface area contributed by atoms with Crippen LogP contribution in [-0.4, -0.2) is 50.9 Å². The van der Waals surface area contributed by atoms with E-state index in [-0.39, 0.29) is 19.0 Å². The van der Waals surface area contributed by atoms with Gasteiger partial charge in [0.1, 0.15) is 29.7 Å². The number of morpholine rings is 1. The molecule has 2 aromatic rings. The van der Waals surface area contributed by atoms with Crippen LogP contribution in [0.2, 0.25) is 0 Å². The number of anilines is 1. The van der Waals surface area contributed by atoms with Gasteiger partial charge < -0.3 is 9.64 Å². The molecule has 3 rings (SSSR count). The first-order valence-corrected chi connectivity index (χ1v) is 7.00. The van der Waals surface area contributed by atoms with Gasteiger partial charge in [-0.15, -0.1) is 0 Å². The summed E-state index contributed by atoms with van der Waals surface area (Å²) in [6.07, 6.45) is -3.28. The number of halogens is 3. The second-order valence-corrected chi connectivity index (χ2v) is 4.99. The molecule has 2 aromatic heterocycles. The van der Waals surface area contributed by atoms with E-state index >= 15 is 0 Å². The zero-order chi connectivity index (χ0) is 17.2. The van der Waals surface area contributed by atoms with Crippen LogP contribution >= 0.6 is 0 Å². The molecule has 0 saturated carbocycles. The van der Waals surface area contributed by atoms with Gasteiger partial charge in [0.15, 0.2) is 0 Å². The lowest BCUT2D eigenvalue weighted by molar-refractivity contribution is -0.141. The molecule has 1 saturated heterocycles. The Morgan fingerprint density at radius 3 is 2.96 bits per heavy atom. The van der Waals surface area contributed by atoms with Crippen LogP contribution in [0.15, 0.2) is 24.5 Å². The number of hydrogen-bond donors (Lipinski definition) is 2. The predicted molar refractivity (Wildman–Crippen MR) is 74.9 cm³/mol. The number of aromatic amines is 1. The number of aromatic nitrogens is 4. The number of carbonyl (C=O) groups excluding carboxylic acids is 1. The summed E-state index contributed by atoms with van der Waals surface area (Å²) in [7, 11) is 0. The Morgan fingerprint density at radius 2 is 2.25 bits per heavy atom. The van der Waals surface area contributed by atoms with Crippen molar-refractivity contribution >= 4 is 11.8 Å². The molecule has 1 fully saturated rings. The maximum absolute atomic E-state index is 12.7. The maximum Gasteiger partial charge on any atom is 0.433 e. The maximum atomic E-state index is 12.7. The molecule has 24 heavy (non-hydrogen) atoms. The first-order valence-electron chi connectivity index (χ1n) is 7.00. The highest BCUT2D eigenvalue weighted by atomic mass is 19.4. The average Bonchev–Trinajstić information content (AvgIpc) is 3.08. The minimum atomic E-state index is -4.58. The van der Waals surface area contributed by atoms with Crippen molar-refractivity contribution in [1.82, 2.24) is 25.1 Å². The van der Waals surface area contributed by atoms with Crippen molar-refractivity contribution in [3.05, 3.63) is 36.0 Å². The Kier molecular flexibility index (Phi) is 4.34. The first-order chi connectivity index (χ1) is 11.4. The van der Waals surface area contributed by atoms with Gasteiger partial charge in [0, 0.05) is 6.54 Å². The molecule has 0 radical (unpaired) electrons. The van der Waals surface area contributed by atoms with E-state index in [1.807, 2.05) is 0 Å². The summed E-state index contributed by atoms with van der Waals surface area (Å²) < 4.78 is 43.4. The highest BCUT2D eigenvalue weighted by Crippen LogP contribution is 2.28. The molecule has 0 aromatic carbocycles. The van der Waals surface area contributed by atoms with Gasteiger partial charge in [-0.2, -0.15) is 18.3 Å². The smallest absolute Gasteiger partial charge is 0.377 e. The molecule has 1 atom stereocenters. The number of H-pyrrole nitrogens is 1. The molecule has 0 spiro atoms. The number of urea groups is 1. The molecule has 0 unspecified atom stereocenters. The first kappa shape index (κ1) is 16.2. The van der Waals surface area contributed by atoms with Gasteiger partial charge in [0.2, 0.25) is 0 Å². The monoisotopic (exact) mass is 342 g/mol. The van der Waals surface area contributed by atoms with E-state index in [1.165, 1.54) is 23.4 Å². The predicted octanol–water partition coefficient (Wildman–Crippen LogP) is 1.82. The lowest BCUT2D eigenvalue weighted by atomic mass is 10.2. The SMILES string of the molecule is O=C(Nc1cccc(C(F)(F)F)n1)N1CCOC[C@H]1c1ncn[nH]1. The zero-order valence-corrected chi connectivity index (χ0v) is 12.2. The fraction of sp³-hybridized carbons (Fsp3) is 0.385. The minimum Gasteiger partial charge on any atom is -0.377 e. The highest BCUT2D eigenvalue weighted by Gasteiger charge is 2.34. The van der Waals surface area contributed by atoms with Gasteiger partial charge in [-0.05, 0) is 12.1 Å². The molecular weight excluding hydrogens is 329 g/mol. The van der Waals surface area contributed by atoms with Crippen molar-refractivity contribution < 1.29 is 22.7 Å². The van der Waals surface area contributed by atoms with Crippen LogP contribution < -0.4 is 5.32 Å². The van der Waals surface area contributed by atoms with Crippen LogP contribution in [-0.2, 0) is 10.9 Å². The number of ether oxygens (including phenoxy) is 1. The van der Waals surface area contributed by atoms with Crippen LogP contribution in [0.25, 0.3) is 0 Å². The summed E-state index contributed by atoms with van der Waals surface area (Å²) in [6.45, 7) is 0.781. The standard InChI is InChI=1S/C13H13F3N6O2/c14-13(15,16)9-2-1-3-10(19-9)20-12(23)22-4-5-24-6-8(22)11-17-7-18-21-11/h1-3,7-8H,4-6H2,(H,17,18,21)(H,19,20,23)/t8-/m0/s1. The van der Waals surface area contributed by atoms with Crippen LogP contribution in [0, 0.1) is 0 Å². The number of nitrogens with one attached hydrogen (secondary N) is 2. The van der Waals surface area contributed by atoms with E-state index in [0.717, 1.165) is 6.07 Å². The molecule has 128 valence electrons. The summed E-state index contributed by atoms with van der Waals surface area (Å²) in [4.78, 5) is 21.2. The lowest BCUT2D eigenvalue weighted by Gasteiger charge is -2.34. The summed E-state index contributed by atoms with van der Waals surface area (Å²) in [6, 6.07) is 2.20. The fourth-order valence-corrected chi connectivity index (χ4v) is 2.29. The van der Waals surface area contributed by atoms with E-state index < -0.39 is 23.9 Å². The topological polar surface area (TPSA) is 96.0 Å². The third kappa shape index (κ3) is 3.45. The Hall–Kier alpha value is -2.69. The molecule has 2 N–H and O–H groups in total. The second-order valence-electron chi connectivity index (χ2n) is 4.99. The largest absolute Gasteiger partial charge is 0.433 e. The Balaban J connectivity index is 1.76. The number of carbonyl (C=O) groups is 1. The molecule has 0 aliphatic carbocycles. The van der Waals surface area contributed by atoms with Crippen LogP contribution in [0.4, 0.5) is 23.8 Å². The molecule has 1 aliphatic heterocycles. The van der Waals surface area contributed by atoms with Crippen LogP contribution in [0.5, 0.6) is 0 Å². The molecule has 8 nitrogen and oxygen atoms in total. The van der Waals surface area contributed by atoms with E-state index in [1.54, 1.807) is 0 Å². The third-order valence-electron chi connectivity index (χ3n) is 3.41. The lowest BCUT2D eigenvalue weighted by Crippen LogP contribution is -2.46. The molecule has 1 aliphatic rings. The van der Waals surface area contributed by atoms with Gasteiger partial charge in [0.25, 0.3) is 0 Å². The molecular formula is C13H13F3N6O2. The molecule has 2 amide bonds. The van der Waals surface area contributed by atoms with Crippen molar-refractivity contribution in [3.8, 4) is 0 Å². The van der Waals surface area contributed by atoms with E-state index in [9.17, 15) is 18.0 Å². The van der Waals surface area contributed by atoms with Crippen LogP contribution in [0.1, 0.15) is 17.6 Å². The van der Waals surface area contributed by atoms with E-state index in [2.05, 4.69) is 25.5 Å². The van der Waals surface area contributed by atoms with Crippen molar-refractivity contribution in [3.63, 3.8) is 0 Å². The highest BCUT2D eigenvalue weighted by molar-refractivity contribution is 5.88. The van der Waals surface area contributed by atoms with Gasteiger partial charge in [-0.3, -0.25) is 10.4 Å². The summed E-state index contributed by atoms with van der Waals surface area (Å²) in [5.74, 6) is 0.250. The van der Waals surface area contributed by atoms with Gasteiger partial charge in [-0.1, -0.05) is 6.07 Å². The number of hydrogen-bond acceptors (Lipinski definition) is 5. The Morgan fingerprint density at radius 1 is 1.42 bits per heavy atom. The van der Waals surface area contributed by atoms with Gasteiger partial charge >= 0.3 is 12.2 Å². The average molecular weight is 342 g/mol. The number of rotatable bonds is 2. The normalized spacial score (nSPS) is 18.5. The van der Waals surface area contributed by atoms with E-state index in [4.69, 9.17) is 4.74 Å². The minimum absolute atomic E-state index is 0.183. The summed E-state index contributed by atoms with van der Waals surface area (Å²) in [5, 5.41) is 8.76. The van der Waals surface area contributed by atoms with Crippen LogP contribution in [0.3, 0.4) is 0 Å².